The molecule has 0 unspecified atom stereocenters. The van der Waals surface area contributed by atoms with Crippen LogP contribution in [-0.2, 0) is 5.41 Å². The first-order chi connectivity index (χ1) is 29.5. The van der Waals surface area contributed by atoms with E-state index in [-0.39, 0.29) is 5.41 Å². The molecule has 0 fully saturated rings. The van der Waals surface area contributed by atoms with Crippen molar-refractivity contribution in [3.05, 3.63) is 205 Å². The average molecular weight is 779 g/mol. The Morgan fingerprint density at radius 3 is 1.62 bits per heavy atom. The molecular weight excluding hydrogens is 741 g/mol. The third-order valence-electron chi connectivity index (χ3n) is 13.6. The maximum atomic E-state index is 2.48. The smallest absolute Gasteiger partial charge is 0.0440 e. The van der Waals surface area contributed by atoms with Gasteiger partial charge in [0.25, 0.3) is 0 Å². The number of benzene rings is 11. The molecule has 11 aromatic carbocycles. The second-order valence-electron chi connectivity index (χ2n) is 17.1. The molecule has 0 saturated heterocycles. The van der Waals surface area contributed by atoms with E-state index in [0.29, 0.717) is 0 Å². The molecule has 1 aromatic heterocycles. The van der Waals surface area contributed by atoms with Crippen molar-refractivity contribution in [2.75, 3.05) is 0 Å². The highest BCUT2D eigenvalue weighted by molar-refractivity contribution is 7.26. The molecular formula is C59H38S. The van der Waals surface area contributed by atoms with Crippen LogP contribution in [0.4, 0.5) is 0 Å². The molecule has 0 amide bonds. The predicted molar refractivity (Wildman–Crippen MR) is 261 cm³/mol. The zero-order chi connectivity index (χ0) is 39.7. The average Bonchev–Trinajstić information content (AvgIpc) is 3.80. The normalized spacial score (nSPS) is 13.3. The van der Waals surface area contributed by atoms with Gasteiger partial charge >= 0.3 is 0 Å². The Morgan fingerprint density at radius 1 is 0.350 bits per heavy atom. The van der Waals surface area contributed by atoms with E-state index in [2.05, 4.69) is 208 Å². The van der Waals surface area contributed by atoms with Crippen LogP contribution in [0.15, 0.2) is 194 Å². The second-order valence-corrected chi connectivity index (χ2v) is 18.2. The van der Waals surface area contributed by atoms with Gasteiger partial charge in [-0.25, -0.2) is 0 Å². The summed E-state index contributed by atoms with van der Waals surface area (Å²) in [5, 5.41) is 15.7. The highest BCUT2D eigenvalue weighted by Gasteiger charge is 2.39. The topological polar surface area (TPSA) is 0 Å². The van der Waals surface area contributed by atoms with Crippen molar-refractivity contribution in [2.24, 2.45) is 0 Å². The Morgan fingerprint density at radius 2 is 0.883 bits per heavy atom. The summed E-state index contributed by atoms with van der Waals surface area (Å²) in [6.45, 7) is 4.86. The first-order valence-electron chi connectivity index (χ1n) is 21.0. The van der Waals surface area contributed by atoms with Gasteiger partial charge in [-0.3, -0.25) is 0 Å². The summed E-state index contributed by atoms with van der Waals surface area (Å²) in [7, 11) is 0. The van der Waals surface area contributed by atoms with E-state index in [1.165, 1.54) is 130 Å². The van der Waals surface area contributed by atoms with Crippen molar-refractivity contribution in [3.8, 4) is 44.5 Å². The Bertz CT molecular complexity index is 3740. The fourth-order valence-electron chi connectivity index (χ4n) is 10.9. The number of thiophene rings is 1. The molecule has 0 aliphatic heterocycles. The molecule has 0 radical (unpaired) electrons. The first-order valence-corrected chi connectivity index (χ1v) is 21.8. The summed E-state index contributed by atoms with van der Waals surface area (Å²) in [6, 6.07) is 72.8. The summed E-state index contributed by atoms with van der Waals surface area (Å²) >= 11 is 1.93. The van der Waals surface area contributed by atoms with Crippen LogP contribution in [-0.4, -0.2) is 0 Å². The molecule has 0 spiro atoms. The summed E-state index contributed by atoms with van der Waals surface area (Å²) in [5.74, 6) is 0. The van der Waals surface area contributed by atoms with Gasteiger partial charge in [0.2, 0.25) is 0 Å². The van der Waals surface area contributed by atoms with E-state index >= 15 is 0 Å². The first kappa shape index (κ1) is 33.9. The van der Waals surface area contributed by atoms with Crippen molar-refractivity contribution < 1.29 is 0 Å². The summed E-state index contributed by atoms with van der Waals surface area (Å²) in [4.78, 5) is 0. The maximum Gasteiger partial charge on any atom is 0.0440 e. The van der Waals surface area contributed by atoms with E-state index in [1.807, 2.05) is 11.3 Å². The lowest BCUT2D eigenvalue weighted by Gasteiger charge is -2.24. The molecule has 0 nitrogen and oxygen atoms in total. The third-order valence-corrected chi connectivity index (χ3v) is 14.8. The van der Waals surface area contributed by atoms with Crippen LogP contribution in [0.3, 0.4) is 0 Å². The maximum absolute atomic E-state index is 2.48. The molecule has 0 bridgehead atoms. The van der Waals surface area contributed by atoms with Crippen molar-refractivity contribution in [1.29, 1.82) is 0 Å². The monoisotopic (exact) mass is 778 g/mol. The molecule has 12 aromatic rings. The van der Waals surface area contributed by atoms with E-state index < -0.39 is 0 Å². The largest absolute Gasteiger partial charge is 0.135 e. The van der Waals surface area contributed by atoms with E-state index in [9.17, 15) is 0 Å². The zero-order valence-corrected chi connectivity index (χ0v) is 34.2. The van der Waals surface area contributed by atoms with Gasteiger partial charge in [-0.1, -0.05) is 184 Å². The minimum Gasteiger partial charge on any atom is -0.135 e. The lowest BCUT2D eigenvalue weighted by molar-refractivity contribution is 0.667. The quantitative estimate of drug-likeness (QED) is 0.157. The van der Waals surface area contributed by atoms with Gasteiger partial charge in [0.15, 0.2) is 0 Å². The van der Waals surface area contributed by atoms with Crippen molar-refractivity contribution >= 4 is 85.4 Å². The lowest BCUT2D eigenvalue weighted by atomic mass is 9.79. The standard InChI is InChI=1S/C59H38S/c1-59(2)51-34-39(30-31-49(51)55-56-50-23-11-12-25-52(50)60-58(56)48-22-10-9-21-47(48)57(55)59)37-26-27-38-33-40(29-28-36(38)32-37)53-43-17-5-7-19-45(43)54(46-20-8-6-18-44(46)53)42-24-13-15-35-14-3-4-16-41(35)42/h3-34H,1-2H3. The number of fused-ring (bicyclic) bond motifs is 14. The Labute approximate surface area is 352 Å². The van der Waals surface area contributed by atoms with Crippen LogP contribution >= 0.6 is 11.3 Å². The van der Waals surface area contributed by atoms with Crippen LogP contribution in [0.5, 0.6) is 0 Å². The number of rotatable bonds is 3. The van der Waals surface area contributed by atoms with Crippen LogP contribution in [0.1, 0.15) is 25.0 Å². The van der Waals surface area contributed by atoms with Gasteiger partial charge in [0.05, 0.1) is 0 Å². The molecule has 60 heavy (non-hydrogen) atoms. The van der Waals surface area contributed by atoms with Crippen LogP contribution in [0.25, 0.3) is 119 Å². The third kappa shape index (κ3) is 4.67. The summed E-state index contributed by atoms with van der Waals surface area (Å²) in [5.41, 5.74) is 13.1. The Hall–Kier alpha value is -7.06. The van der Waals surface area contributed by atoms with Crippen LogP contribution < -0.4 is 0 Å². The highest BCUT2D eigenvalue weighted by atomic mass is 32.1. The number of hydrogen-bond donors (Lipinski definition) is 0. The fraction of sp³-hybridized carbons (Fsp3) is 0.0508. The van der Waals surface area contributed by atoms with E-state index in [1.54, 1.807) is 0 Å². The second kappa shape index (κ2) is 12.5. The van der Waals surface area contributed by atoms with Crippen LogP contribution in [0, 0.1) is 0 Å². The highest BCUT2D eigenvalue weighted by Crippen LogP contribution is 2.57. The summed E-state index contributed by atoms with van der Waals surface area (Å²) in [6.07, 6.45) is 0. The Balaban J connectivity index is 0.953. The van der Waals surface area contributed by atoms with Gasteiger partial charge in [0.1, 0.15) is 0 Å². The number of hydrogen-bond acceptors (Lipinski definition) is 1. The van der Waals surface area contributed by atoms with Gasteiger partial charge in [-0.05, 0) is 134 Å². The summed E-state index contributed by atoms with van der Waals surface area (Å²) < 4.78 is 2.75. The van der Waals surface area contributed by atoms with Gasteiger partial charge < -0.3 is 0 Å². The molecule has 1 aliphatic carbocycles. The fourth-order valence-corrected chi connectivity index (χ4v) is 12.2. The van der Waals surface area contributed by atoms with Gasteiger partial charge in [0, 0.05) is 25.6 Å². The van der Waals surface area contributed by atoms with Crippen molar-refractivity contribution in [2.45, 2.75) is 19.3 Å². The van der Waals surface area contributed by atoms with E-state index in [4.69, 9.17) is 0 Å². The van der Waals surface area contributed by atoms with Gasteiger partial charge in [-0.2, -0.15) is 0 Å². The van der Waals surface area contributed by atoms with Crippen molar-refractivity contribution in [3.63, 3.8) is 0 Å². The molecule has 13 rings (SSSR count). The molecule has 0 saturated carbocycles. The Kier molecular flexibility index (Phi) is 7.04. The zero-order valence-electron chi connectivity index (χ0n) is 33.4. The molecule has 280 valence electrons. The van der Waals surface area contributed by atoms with E-state index in [0.717, 1.165) is 0 Å². The predicted octanol–water partition coefficient (Wildman–Crippen LogP) is 17.1. The minimum atomic E-state index is -0.155. The molecule has 0 N–H and O–H groups in total. The van der Waals surface area contributed by atoms with Crippen LogP contribution in [0.2, 0.25) is 0 Å². The van der Waals surface area contributed by atoms with Crippen molar-refractivity contribution in [1.82, 2.24) is 0 Å². The molecule has 0 atom stereocenters. The molecule has 1 heterocycles. The SMILES string of the molecule is CC1(C)c2cc(-c3ccc4cc(-c5c6ccccc6c(-c6cccc7ccccc67)c6ccccc56)ccc4c3)ccc2-c2c1c1ccccc1c1sc3ccccc3c21. The lowest BCUT2D eigenvalue weighted by Crippen LogP contribution is -2.15. The van der Waals surface area contributed by atoms with Gasteiger partial charge in [-0.15, -0.1) is 11.3 Å². The molecule has 1 heteroatoms. The minimum absolute atomic E-state index is 0.155. The molecule has 1 aliphatic rings.